The highest BCUT2D eigenvalue weighted by molar-refractivity contribution is 9.10. The van der Waals surface area contributed by atoms with Gasteiger partial charge in [0.05, 0.1) is 6.07 Å². The molecule has 0 radical (unpaired) electrons. The molecule has 1 aromatic heterocycles. The summed E-state index contributed by atoms with van der Waals surface area (Å²) in [6, 6.07) is 9.85. The van der Waals surface area contributed by atoms with Crippen LogP contribution in [0.25, 0.3) is 10.9 Å². The van der Waals surface area contributed by atoms with E-state index < -0.39 is 5.54 Å². The Balaban J connectivity index is 1.87. The van der Waals surface area contributed by atoms with E-state index >= 15 is 0 Å². The minimum atomic E-state index is -0.723. The van der Waals surface area contributed by atoms with E-state index in [4.69, 9.17) is 0 Å². The number of nitrogens with one attached hydrogen (secondary N) is 2. The van der Waals surface area contributed by atoms with Gasteiger partial charge in [-0.15, -0.1) is 0 Å². The topological polar surface area (TPSA) is 68.7 Å². The molecule has 102 valence electrons. The second kappa shape index (κ2) is 5.15. The molecule has 0 bridgehead atoms. The molecular weight excluding hydrogens is 338 g/mol. The molecule has 1 amide bonds. The first-order chi connectivity index (χ1) is 9.62. The van der Waals surface area contributed by atoms with Crippen molar-refractivity contribution in [2.75, 3.05) is 11.5 Å². The van der Waals surface area contributed by atoms with E-state index in [0.717, 1.165) is 21.1 Å². The number of carbonyl (C=O) groups excluding carboxylic acids is 1. The van der Waals surface area contributed by atoms with Crippen molar-refractivity contribution in [1.82, 2.24) is 10.3 Å². The second-order valence-electron chi connectivity index (χ2n) is 4.87. The van der Waals surface area contributed by atoms with Crippen molar-refractivity contribution < 1.29 is 4.79 Å². The zero-order chi connectivity index (χ0) is 14.2. The lowest BCUT2D eigenvalue weighted by Gasteiger charge is -2.20. The number of carbonyl (C=O) groups is 1. The van der Waals surface area contributed by atoms with E-state index in [0.29, 0.717) is 17.9 Å². The molecule has 0 saturated carbocycles. The number of halogens is 1. The van der Waals surface area contributed by atoms with Gasteiger partial charge in [0.2, 0.25) is 0 Å². The number of aromatic nitrogens is 1. The van der Waals surface area contributed by atoms with Gasteiger partial charge in [-0.05, 0) is 36.4 Å². The lowest BCUT2D eigenvalue weighted by atomic mass is 10.0. The largest absolute Gasteiger partial charge is 0.351 e. The van der Waals surface area contributed by atoms with Crippen LogP contribution < -0.4 is 5.32 Å². The average molecular weight is 350 g/mol. The summed E-state index contributed by atoms with van der Waals surface area (Å²) in [6.07, 6.45) is 0.700. The van der Waals surface area contributed by atoms with Gasteiger partial charge in [-0.2, -0.15) is 17.0 Å². The van der Waals surface area contributed by atoms with Crippen LogP contribution in [-0.2, 0) is 0 Å². The van der Waals surface area contributed by atoms with Gasteiger partial charge in [0.15, 0.2) is 0 Å². The predicted octanol–water partition coefficient (Wildman–Crippen LogP) is 3.06. The van der Waals surface area contributed by atoms with E-state index in [2.05, 4.69) is 32.3 Å². The van der Waals surface area contributed by atoms with Gasteiger partial charge in [-0.1, -0.05) is 15.9 Å². The molecule has 20 heavy (non-hydrogen) atoms. The van der Waals surface area contributed by atoms with Gasteiger partial charge in [0.1, 0.15) is 11.2 Å². The predicted molar refractivity (Wildman–Crippen MR) is 83.8 cm³/mol. The molecule has 2 N–H and O–H groups in total. The lowest BCUT2D eigenvalue weighted by Crippen LogP contribution is -2.47. The summed E-state index contributed by atoms with van der Waals surface area (Å²) in [6.45, 7) is 0. The van der Waals surface area contributed by atoms with Crippen LogP contribution in [0.3, 0.4) is 0 Å². The number of hydrogen-bond donors (Lipinski definition) is 2. The summed E-state index contributed by atoms with van der Waals surface area (Å²) in [5.74, 6) is 1.34. The van der Waals surface area contributed by atoms with Crippen molar-refractivity contribution >= 4 is 44.5 Å². The second-order valence-corrected chi connectivity index (χ2v) is 6.89. The maximum atomic E-state index is 12.3. The smallest absolute Gasteiger partial charge is 0.268 e. The van der Waals surface area contributed by atoms with Crippen LogP contribution in [0.15, 0.2) is 28.7 Å². The fourth-order valence-corrected chi connectivity index (χ4v) is 3.94. The zero-order valence-electron chi connectivity index (χ0n) is 10.6. The molecular formula is C14H12BrN3OS. The molecule has 0 aliphatic carbocycles. The highest BCUT2D eigenvalue weighted by atomic mass is 79.9. The highest BCUT2D eigenvalue weighted by Crippen LogP contribution is 2.28. The molecule has 1 atom stereocenters. The Labute approximate surface area is 129 Å². The Kier molecular flexibility index (Phi) is 3.48. The maximum absolute atomic E-state index is 12.3. The number of benzene rings is 1. The van der Waals surface area contributed by atoms with E-state index in [9.17, 15) is 10.1 Å². The third-order valence-electron chi connectivity index (χ3n) is 3.42. The Morgan fingerprint density at radius 3 is 3.05 bits per heavy atom. The van der Waals surface area contributed by atoms with Crippen LogP contribution in [0, 0.1) is 11.3 Å². The molecule has 1 aromatic carbocycles. The third kappa shape index (κ3) is 2.43. The average Bonchev–Trinajstić information content (AvgIpc) is 3.05. The highest BCUT2D eigenvalue weighted by Gasteiger charge is 2.36. The van der Waals surface area contributed by atoms with E-state index in [1.165, 1.54) is 0 Å². The van der Waals surface area contributed by atoms with Crippen LogP contribution in [0.4, 0.5) is 0 Å². The molecule has 1 aliphatic heterocycles. The molecule has 1 saturated heterocycles. The van der Waals surface area contributed by atoms with Crippen LogP contribution in [0.5, 0.6) is 0 Å². The first-order valence-corrected chi connectivity index (χ1v) is 8.16. The lowest BCUT2D eigenvalue weighted by molar-refractivity contribution is 0.0922. The normalized spacial score (nSPS) is 21.8. The van der Waals surface area contributed by atoms with Gasteiger partial charge in [0.25, 0.3) is 5.91 Å². The summed E-state index contributed by atoms with van der Waals surface area (Å²) in [7, 11) is 0. The minimum Gasteiger partial charge on any atom is -0.351 e. The molecule has 1 unspecified atom stereocenters. The number of aromatic amines is 1. The molecule has 6 heteroatoms. The quantitative estimate of drug-likeness (QED) is 0.875. The first-order valence-electron chi connectivity index (χ1n) is 6.22. The van der Waals surface area contributed by atoms with Gasteiger partial charge < -0.3 is 10.3 Å². The summed E-state index contributed by atoms with van der Waals surface area (Å²) < 4.78 is 0.969. The molecule has 0 spiro atoms. The Bertz CT molecular complexity index is 713. The standard InChI is InChI=1S/C14H12BrN3OS/c15-10-1-2-11-9(5-10)6-12(17-11)13(19)18-14(7-16)3-4-20-8-14/h1-2,5-6,17H,3-4,8H2,(H,18,19). The third-order valence-corrected chi connectivity index (χ3v) is 5.10. The van der Waals surface area contributed by atoms with Crippen molar-refractivity contribution in [3.63, 3.8) is 0 Å². The molecule has 4 nitrogen and oxygen atoms in total. The number of thioether (sulfide) groups is 1. The van der Waals surface area contributed by atoms with Gasteiger partial charge in [-0.25, -0.2) is 0 Å². The minimum absolute atomic E-state index is 0.221. The molecule has 2 heterocycles. The Morgan fingerprint density at radius 1 is 1.50 bits per heavy atom. The van der Waals surface area contributed by atoms with Crippen molar-refractivity contribution in [3.8, 4) is 6.07 Å². The molecule has 1 fully saturated rings. The van der Waals surface area contributed by atoms with Crippen LogP contribution >= 0.6 is 27.7 Å². The first kappa shape index (κ1) is 13.5. The Morgan fingerprint density at radius 2 is 2.35 bits per heavy atom. The number of amides is 1. The SMILES string of the molecule is N#CC1(NC(=O)c2cc3cc(Br)ccc3[nH]2)CCSC1. The maximum Gasteiger partial charge on any atom is 0.268 e. The van der Waals surface area contributed by atoms with Gasteiger partial charge in [0, 0.05) is 21.1 Å². The van der Waals surface area contributed by atoms with Gasteiger partial charge >= 0.3 is 0 Å². The Hall–Kier alpha value is -1.45. The summed E-state index contributed by atoms with van der Waals surface area (Å²) in [5, 5.41) is 13.1. The number of hydrogen-bond acceptors (Lipinski definition) is 3. The van der Waals surface area contributed by atoms with Crippen molar-refractivity contribution in [1.29, 1.82) is 5.26 Å². The zero-order valence-corrected chi connectivity index (χ0v) is 13.0. The monoisotopic (exact) mass is 349 g/mol. The van der Waals surface area contributed by atoms with E-state index in [1.54, 1.807) is 11.8 Å². The molecule has 3 rings (SSSR count). The van der Waals surface area contributed by atoms with Crippen LogP contribution in [0.1, 0.15) is 16.9 Å². The van der Waals surface area contributed by atoms with E-state index in [-0.39, 0.29) is 5.91 Å². The molecule has 1 aliphatic rings. The summed E-state index contributed by atoms with van der Waals surface area (Å²) >= 11 is 5.11. The fraction of sp³-hybridized carbons (Fsp3) is 0.286. The number of nitriles is 1. The molecule has 2 aromatic rings. The summed E-state index contributed by atoms with van der Waals surface area (Å²) in [4.78, 5) is 15.4. The van der Waals surface area contributed by atoms with Crippen LogP contribution in [0.2, 0.25) is 0 Å². The number of rotatable bonds is 2. The fourth-order valence-electron chi connectivity index (χ4n) is 2.29. The van der Waals surface area contributed by atoms with Crippen molar-refractivity contribution in [3.05, 3.63) is 34.4 Å². The van der Waals surface area contributed by atoms with E-state index in [1.807, 2.05) is 24.3 Å². The number of H-pyrrole nitrogens is 1. The number of nitrogens with zero attached hydrogens (tertiary/aromatic N) is 1. The van der Waals surface area contributed by atoms with Crippen LogP contribution in [-0.4, -0.2) is 27.9 Å². The number of fused-ring (bicyclic) bond motifs is 1. The van der Waals surface area contributed by atoms with Crippen molar-refractivity contribution in [2.24, 2.45) is 0 Å². The summed E-state index contributed by atoms with van der Waals surface area (Å²) in [5.41, 5.74) is 0.675. The van der Waals surface area contributed by atoms with Gasteiger partial charge in [-0.3, -0.25) is 4.79 Å². The van der Waals surface area contributed by atoms with Crippen molar-refractivity contribution in [2.45, 2.75) is 12.0 Å².